The van der Waals surface area contributed by atoms with E-state index in [-0.39, 0.29) is 5.91 Å². The van der Waals surface area contributed by atoms with Gasteiger partial charge in [0, 0.05) is 11.4 Å². The molecular formula is C24H27N5O4S2. The van der Waals surface area contributed by atoms with Gasteiger partial charge in [0.2, 0.25) is 5.91 Å². The van der Waals surface area contributed by atoms with Crippen LogP contribution >= 0.6 is 23.1 Å². The minimum absolute atomic E-state index is 0.205. The summed E-state index contributed by atoms with van der Waals surface area (Å²) in [6, 6.07) is 11.8. The topological polar surface area (TPSA) is 153 Å². The SMILES string of the molecule is NCCCCC(N)C(=O)Nc1ccc(COc2ccc3nc(C4=NC(C(=O)O)CS4)sc3c2)cc1. The first kappa shape index (κ1) is 25.1. The quantitative estimate of drug-likeness (QED) is 0.285. The van der Waals surface area contributed by atoms with Gasteiger partial charge in [-0.15, -0.1) is 23.1 Å². The number of rotatable bonds is 11. The van der Waals surface area contributed by atoms with E-state index in [1.165, 1.54) is 23.1 Å². The lowest BCUT2D eigenvalue weighted by atomic mass is 10.1. The summed E-state index contributed by atoms with van der Waals surface area (Å²) in [6.45, 7) is 0.966. The van der Waals surface area contributed by atoms with E-state index < -0.39 is 18.1 Å². The molecule has 2 unspecified atom stereocenters. The number of aliphatic imine (C=N–C) groups is 1. The first-order valence-electron chi connectivity index (χ1n) is 11.3. The molecule has 6 N–H and O–H groups in total. The highest BCUT2D eigenvalue weighted by atomic mass is 32.2. The lowest BCUT2D eigenvalue weighted by Gasteiger charge is -2.12. The van der Waals surface area contributed by atoms with Crippen molar-refractivity contribution in [1.29, 1.82) is 0 Å². The van der Waals surface area contributed by atoms with Crippen molar-refractivity contribution in [3.63, 3.8) is 0 Å². The number of nitrogens with one attached hydrogen (secondary N) is 1. The Hall–Kier alpha value is -2.99. The van der Waals surface area contributed by atoms with E-state index in [0.717, 1.165) is 33.6 Å². The number of ether oxygens (including phenoxy) is 1. The second kappa shape index (κ2) is 11.6. The number of aliphatic carboxylic acids is 1. The summed E-state index contributed by atoms with van der Waals surface area (Å²) in [6.07, 6.45) is 2.29. The van der Waals surface area contributed by atoms with Crippen LogP contribution in [0.25, 0.3) is 10.2 Å². The molecule has 4 rings (SSSR count). The molecule has 0 fully saturated rings. The highest BCUT2D eigenvalue weighted by Gasteiger charge is 2.26. The molecule has 9 nitrogen and oxygen atoms in total. The molecule has 0 radical (unpaired) electrons. The Kier molecular flexibility index (Phi) is 8.34. The van der Waals surface area contributed by atoms with Gasteiger partial charge in [-0.25, -0.2) is 9.78 Å². The largest absolute Gasteiger partial charge is 0.489 e. The van der Waals surface area contributed by atoms with Crippen molar-refractivity contribution < 1.29 is 19.4 Å². The smallest absolute Gasteiger partial charge is 0.329 e. The van der Waals surface area contributed by atoms with Gasteiger partial charge in [0.15, 0.2) is 6.04 Å². The molecule has 2 heterocycles. The van der Waals surface area contributed by atoms with E-state index in [4.69, 9.17) is 21.3 Å². The van der Waals surface area contributed by atoms with Crippen molar-refractivity contribution in [1.82, 2.24) is 4.98 Å². The van der Waals surface area contributed by atoms with E-state index >= 15 is 0 Å². The summed E-state index contributed by atoms with van der Waals surface area (Å²) in [5, 5.41) is 13.4. The molecule has 0 bridgehead atoms. The van der Waals surface area contributed by atoms with Crippen LogP contribution in [0, 0.1) is 0 Å². The van der Waals surface area contributed by atoms with Crippen LogP contribution in [0.3, 0.4) is 0 Å². The number of thioether (sulfide) groups is 1. The third-order valence-electron chi connectivity index (χ3n) is 5.41. The van der Waals surface area contributed by atoms with E-state index in [1.54, 1.807) is 0 Å². The molecule has 35 heavy (non-hydrogen) atoms. The zero-order valence-electron chi connectivity index (χ0n) is 19.0. The number of carboxylic acids is 1. The third kappa shape index (κ3) is 6.57. The third-order valence-corrected chi connectivity index (χ3v) is 7.62. The molecule has 0 saturated heterocycles. The molecule has 1 amide bonds. The molecule has 2 aromatic carbocycles. The molecule has 0 saturated carbocycles. The van der Waals surface area contributed by atoms with Crippen LogP contribution in [-0.4, -0.2) is 51.4 Å². The number of thiazole rings is 1. The van der Waals surface area contributed by atoms with Crippen molar-refractivity contribution in [3.8, 4) is 5.75 Å². The lowest BCUT2D eigenvalue weighted by Crippen LogP contribution is -2.35. The van der Waals surface area contributed by atoms with Gasteiger partial charge >= 0.3 is 5.97 Å². The number of fused-ring (bicyclic) bond motifs is 1. The Morgan fingerprint density at radius 1 is 1.20 bits per heavy atom. The predicted molar refractivity (Wildman–Crippen MR) is 140 cm³/mol. The van der Waals surface area contributed by atoms with Crippen LogP contribution in [0.15, 0.2) is 47.5 Å². The van der Waals surface area contributed by atoms with Crippen molar-refractivity contribution in [2.45, 2.75) is 38.0 Å². The van der Waals surface area contributed by atoms with Crippen LogP contribution < -0.4 is 21.5 Å². The maximum Gasteiger partial charge on any atom is 0.329 e. The fraction of sp³-hybridized carbons (Fsp3) is 0.333. The number of amides is 1. The second-order valence-corrected chi connectivity index (χ2v) is 10.2. The summed E-state index contributed by atoms with van der Waals surface area (Å²) >= 11 is 2.89. The number of nitrogens with zero attached hydrogens (tertiary/aromatic N) is 2. The number of carbonyl (C=O) groups excluding carboxylic acids is 1. The first-order valence-corrected chi connectivity index (χ1v) is 13.1. The summed E-state index contributed by atoms with van der Waals surface area (Å²) < 4.78 is 6.89. The Labute approximate surface area is 211 Å². The van der Waals surface area contributed by atoms with E-state index in [9.17, 15) is 9.59 Å². The van der Waals surface area contributed by atoms with Crippen molar-refractivity contribution in [2.24, 2.45) is 16.5 Å². The molecule has 2 atom stereocenters. The average Bonchev–Trinajstić information content (AvgIpc) is 3.51. The van der Waals surface area contributed by atoms with E-state index in [2.05, 4.69) is 15.3 Å². The zero-order chi connectivity index (χ0) is 24.8. The van der Waals surface area contributed by atoms with Crippen LogP contribution in [0.2, 0.25) is 0 Å². The fourth-order valence-corrected chi connectivity index (χ4v) is 5.52. The highest BCUT2D eigenvalue weighted by Crippen LogP contribution is 2.32. The number of hydrogen-bond acceptors (Lipinski definition) is 9. The van der Waals surface area contributed by atoms with Gasteiger partial charge in [-0.05, 0) is 55.3 Å². The first-order chi connectivity index (χ1) is 16.9. The van der Waals surface area contributed by atoms with Gasteiger partial charge in [-0.1, -0.05) is 18.6 Å². The number of anilines is 1. The lowest BCUT2D eigenvalue weighted by molar-refractivity contribution is -0.137. The standard InChI is InChI=1S/C24H27N5O4S2/c25-10-2-1-3-17(26)21(30)27-15-6-4-14(5-7-15)12-33-16-8-9-18-20(11-16)35-23(28-18)22-29-19(13-34-22)24(31)32/h4-9,11,17,19H,1-3,10,12-13,25-26H2,(H,27,30)(H,31,32). The van der Waals surface area contributed by atoms with Gasteiger partial charge in [0.05, 0.1) is 16.3 Å². The Balaban J connectivity index is 1.32. The number of carboxylic acid groups (broad SMARTS) is 1. The zero-order valence-corrected chi connectivity index (χ0v) is 20.6. The van der Waals surface area contributed by atoms with Crippen LogP contribution in [0.1, 0.15) is 29.8 Å². The number of unbranched alkanes of at least 4 members (excludes halogenated alkanes) is 1. The number of hydrogen-bond donors (Lipinski definition) is 4. The van der Waals surface area contributed by atoms with Crippen molar-refractivity contribution >= 4 is 55.9 Å². The van der Waals surface area contributed by atoms with Gasteiger partial charge in [-0.3, -0.25) is 9.79 Å². The maximum atomic E-state index is 12.2. The number of nitrogens with two attached hydrogens (primary N) is 2. The van der Waals surface area contributed by atoms with Crippen LogP contribution in [0.5, 0.6) is 5.75 Å². The van der Waals surface area contributed by atoms with Crippen LogP contribution in [-0.2, 0) is 16.2 Å². The normalized spacial score (nSPS) is 16.2. The maximum absolute atomic E-state index is 12.2. The van der Waals surface area contributed by atoms with Gasteiger partial charge in [-0.2, -0.15) is 0 Å². The van der Waals surface area contributed by atoms with E-state index in [0.29, 0.717) is 41.8 Å². The van der Waals surface area contributed by atoms with Crippen molar-refractivity contribution in [2.75, 3.05) is 17.6 Å². The van der Waals surface area contributed by atoms with Gasteiger partial charge in [0.25, 0.3) is 0 Å². The summed E-state index contributed by atoms with van der Waals surface area (Å²) in [4.78, 5) is 32.2. The second-order valence-electron chi connectivity index (χ2n) is 8.11. The monoisotopic (exact) mass is 513 g/mol. The molecule has 0 spiro atoms. The minimum atomic E-state index is -0.915. The summed E-state index contributed by atoms with van der Waals surface area (Å²) in [5.74, 6) is 0.0159. The Morgan fingerprint density at radius 3 is 2.71 bits per heavy atom. The molecule has 0 aliphatic carbocycles. The van der Waals surface area contributed by atoms with Crippen molar-refractivity contribution in [3.05, 3.63) is 53.0 Å². The Bertz CT molecular complexity index is 1230. The number of aromatic nitrogens is 1. The molecule has 1 aliphatic rings. The minimum Gasteiger partial charge on any atom is -0.489 e. The molecule has 184 valence electrons. The molecule has 1 aliphatic heterocycles. The average molecular weight is 514 g/mol. The van der Waals surface area contributed by atoms with Crippen LogP contribution in [0.4, 0.5) is 5.69 Å². The predicted octanol–water partition coefficient (Wildman–Crippen LogP) is 3.22. The summed E-state index contributed by atoms with van der Waals surface area (Å²) in [5.41, 5.74) is 13.9. The fourth-order valence-electron chi connectivity index (χ4n) is 3.43. The number of benzene rings is 2. The molecular weight excluding hydrogens is 486 g/mol. The Morgan fingerprint density at radius 2 is 2.00 bits per heavy atom. The summed E-state index contributed by atoms with van der Waals surface area (Å²) in [7, 11) is 0. The van der Waals surface area contributed by atoms with Gasteiger partial charge in [0.1, 0.15) is 22.4 Å². The van der Waals surface area contributed by atoms with Gasteiger partial charge < -0.3 is 26.6 Å². The highest BCUT2D eigenvalue weighted by molar-refractivity contribution is 8.15. The number of carbonyl (C=O) groups is 2. The molecule has 1 aromatic heterocycles. The molecule has 3 aromatic rings. The van der Waals surface area contributed by atoms with E-state index in [1.807, 2.05) is 42.5 Å². The molecule has 11 heteroatoms.